The van der Waals surface area contributed by atoms with Crippen molar-refractivity contribution in [1.29, 1.82) is 0 Å². The largest absolute Gasteiger partial charge is 0.340 e. The number of amides is 1. The molecule has 228 valence electrons. The Balaban J connectivity index is 1.09. The molecule has 1 aliphatic heterocycles. The van der Waals surface area contributed by atoms with E-state index in [1.54, 1.807) is 24.7 Å². The van der Waals surface area contributed by atoms with Crippen molar-refractivity contribution in [2.75, 3.05) is 13.1 Å². The highest BCUT2D eigenvalue weighted by atomic mass is 35.5. The van der Waals surface area contributed by atoms with E-state index in [4.69, 9.17) is 27.4 Å². The smallest absolute Gasteiger partial charge is 0.293 e. The molecular formula is C32H31ClFN10O+. The lowest BCUT2D eigenvalue weighted by Crippen LogP contribution is -2.33. The number of likely N-dealkylation sites (tertiary alicyclic amines) is 1. The molecule has 1 amide bonds. The summed E-state index contributed by atoms with van der Waals surface area (Å²) in [4.78, 5) is 24.4. The van der Waals surface area contributed by atoms with E-state index in [-0.39, 0.29) is 45.8 Å². The zero-order valence-electron chi connectivity index (χ0n) is 24.3. The lowest BCUT2D eigenvalue weighted by atomic mass is 10.0. The van der Waals surface area contributed by atoms with Gasteiger partial charge in [0.25, 0.3) is 6.33 Å². The minimum Gasteiger partial charge on any atom is -0.340 e. The third kappa shape index (κ3) is 5.07. The van der Waals surface area contributed by atoms with Crippen LogP contribution in [-0.2, 0) is 4.79 Å². The van der Waals surface area contributed by atoms with E-state index < -0.39 is 5.82 Å². The number of nitrogens with two attached hydrogens (primary N) is 1. The second-order valence-electron chi connectivity index (χ2n) is 12.5. The molecule has 8 rings (SSSR count). The molecule has 2 aliphatic carbocycles. The van der Waals surface area contributed by atoms with E-state index in [0.29, 0.717) is 24.2 Å². The van der Waals surface area contributed by atoms with Crippen LogP contribution in [0.25, 0.3) is 27.9 Å². The first-order valence-corrected chi connectivity index (χ1v) is 15.5. The Morgan fingerprint density at radius 3 is 2.69 bits per heavy atom. The molecule has 0 bridgehead atoms. The lowest BCUT2D eigenvalue weighted by molar-refractivity contribution is -0.659. The summed E-state index contributed by atoms with van der Waals surface area (Å²) in [5.41, 5.74) is 10.6. The highest BCUT2D eigenvalue weighted by molar-refractivity contribution is 6.31. The van der Waals surface area contributed by atoms with Crippen LogP contribution in [0.5, 0.6) is 0 Å². The Morgan fingerprint density at radius 1 is 1.13 bits per heavy atom. The fraction of sp³-hybridized carbons (Fsp3) is 0.344. The number of H-pyrrole nitrogens is 1. The summed E-state index contributed by atoms with van der Waals surface area (Å²) in [5.74, 6) is -0.170. The zero-order valence-corrected chi connectivity index (χ0v) is 25.1. The molecule has 11 nitrogen and oxygen atoms in total. The van der Waals surface area contributed by atoms with Crippen LogP contribution < -0.4 is 10.4 Å². The van der Waals surface area contributed by atoms with Gasteiger partial charge in [0.1, 0.15) is 10.8 Å². The van der Waals surface area contributed by atoms with Crippen LogP contribution in [-0.4, -0.2) is 65.2 Å². The standard InChI is InChI=1S/C32H30ClFN10O/c33-24-2-4-26(44-18-38-40-41-44)29(30(24)34)20-1-3-25(37-13-20)27(43-15-22(14-39-43)19-5-9-36-10-6-19)12-21-11-23(21)31(45)42-16-28(35)32(17-42)7-8-32/h1-6,9-10,13-15,18,21,23,27-28H,7-8,11-12,16-17,35H2/p+1. The molecule has 4 unspecified atom stereocenters. The molecule has 13 heteroatoms. The van der Waals surface area contributed by atoms with E-state index in [2.05, 4.69) is 20.5 Å². The summed E-state index contributed by atoms with van der Waals surface area (Å²) in [6.07, 6.45) is 14.2. The molecule has 5 aromatic rings. The molecule has 3 fully saturated rings. The van der Waals surface area contributed by atoms with E-state index >= 15 is 4.39 Å². The summed E-state index contributed by atoms with van der Waals surface area (Å²) in [5, 5.41) is 15.0. The fourth-order valence-corrected chi connectivity index (χ4v) is 6.97. The third-order valence-corrected chi connectivity index (χ3v) is 10.0. The van der Waals surface area contributed by atoms with Crippen LogP contribution in [0.15, 0.2) is 73.7 Å². The number of hydrogen-bond acceptors (Lipinski definition) is 7. The Morgan fingerprint density at radius 2 is 1.98 bits per heavy atom. The van der Waals surface area contributed by atoms with Gasteiger partial charge in [-0.05, 0) is 67.5 Å². The van der Waals surface area contributed by atoms with Gasteiger partial charge < -0.3 is 10.6 Å². The minimum absolute atomic E-state index is 0.0000303. The van der Waals surface area contributed by atoms with Crippen LogP contribution in [0.2, 0.25) is 5.02 Å². The van der Waals surface area contributed by atoms with Gasteiger partial charge in [0.2, 0.25) is 5.91 Å². The van der Waals surface area contributed by atoms with Gasteiger partial charge in [-0.25, -0.2) is 4.39 Å². The van der Waals surface area contributed by atoms with Crippen LogP contribution in [0.4, 0.5) is 4.39 Å². The van der Waals surface area contributed by atoms with Crippen molar-refractivity contribution in [2.45, 2.75) is 37.8 Å². The molecule has 2 saturated carbocycles. The quantitative estimate of drug-likeness (QED) is 0.251. The number of aromatic nitrogens is 8. The number of nitrogens with one attached hydrogen (secondary N) is 1. The van der Waals surface area contributed by atoms with Crippen LogP contribution >= 0.6 is 11.6 Å². The van der Waals surface area contributed by atoms with E-state index in [1.807, 2.05) is 46.2 Å². The lowest BCUT2D eigenvalue weighted by Gasteiger charge is -2.19. The number of hydrogen-bond donors (Lipinski definition) is 2. The van der Waals surface area contributed by atoms with Gasteiger partial charge in [-0.15, -0.1) is 4.68 Å². The van der Waals surface area contributed by atoms with Gasteiger partial charge in [-0.3, -0.25) is 19.4 Å². The third-order valence-electron chi connectivity index (χ3n) is 9.74. The van der Waals surface area contributed by atoms with Crippen molar-refractivity contribution < 1.29 is 13.9 Å². The van der Waals surface area contributed by atoms with Crippen molar-refractivity contribution >= 4 is 17.5 Å². The minimum atomic E-state index is -0.564. The highest BCUT2D eigenvalue weighted by Crippen LogP contribution is 2.54. The van der Waals surface area contributed by atoms with Crippen molar-refractivity contribution in [2.24, 2.45) is 23.0 Å². The predicted molar refractivity (Wildman–Crippen MR) is 162 cm³/mol. The number of carbonyl (C=O) groups excluding carboxylic acids is 1. The average molecular weight is 626 g/mol. The van der Waals surface area contributed by atoms with Crippen LogP contribution in [0.1, 0.15) is 37.4 Å². The molecule has 5 heterocycles. The van der Waals surface area contributed by atoms with Gasteiger partial charge in [0, 0.05) is 66.4 Å². The van der Waals surface area contributed by atoms with E-state index in [1.165, 1.54) is 17.1 Å². The Labute approximate surface area is 263 Å². The molecule has 0 radical (unpaired) electrons. The van der Waals surface area contributed by atoms with Crippen molar-refractivity contribution in [3.05, 3.63) is 90.2 Å². The van der Waals surface area contributed by atoms with Gasteiger partial charge in [0.05, 0.1) is 28.5 Å². The number of benzene rings is 1. The number of nitrogens with zero attached hydrogens (tertiary/aromatic N) is 8. The summed E-state index contributed by atoms with van der Waals surface area (Å²) in [7, 11) is 0. The first-order valence-electron chi connectivity index (χ1n) is 15.1. The second-order valence-corrected chi connectivity index (χ2v) is 12.9. The summed E-state index contributed by atoms with van der Waals surface area (Å²) >= 11 is 6.19. The van der Waals surface area contributed by atoms with Crippen LogP contribution in [0, 0.1) is 23.1 Å². The fourth-order valence-electron chi connectivity index (χ4n) is 6.81. The summed E-state index contributed by atoms with van der Waals surface area (Å²) < 4.78 is 18.9. The first-order chi connectivity index (χ1) is 21.9. The molecule has 3 N–H and O–H groups in total. The van der Waals surface area contributed by atoms with Crippen molar-refractivity contribution in [1.82, 2.24) is 40.2 Å². The maximum atomic E-state index is 15.4. The highest BCUT2D eigenvalue weighted by Gasteiger charge is 2.57. The summed E-state index contributed by atoms with van der Waals surface area (Å²) in [6, 6.07) is 10.6. The Bertz CT molecular complexity index is 1860. The van der Waals surface area contributed by atoms with Crippen LogP contribution in [0.3, 0.4) is 0 Å². The SMILES string of the molecule is NC1CN(C(=O)C2CC2CC(c2ccc(-c3c(-[n+]4cnn[nH]4)ccc(Cl)c3F)cn2)n2cc(-c3ccncc3)cn2)CC12CC2. The van der Waals surface area contributed by atoms with Gasteiger partial charge in [-0.2, -0.15) is 5.10 Å². The Hall–Kier alpha value is -4.55. The number of aromatic amines is 1. The number of carbonyl (C=O) groups is 1. The maximum absolute atomic E-state index is 15.4. The molecule has 4 aromatic heterocycles. The topological polar surface area (TPSA) is 135 Å². The monoisotopic (exact) mass is 625 g/mol. The second kappa shape index (κ2) is 10.8. The molecule has 45 heavy (non-hydrogen) atoms. The Kier molecular flexibility index (Phi) is 6.72. The van der Waals surface area contributed by atoms with Gasteiger partial charge in [-0.1, -0.05) is 22.9 Å². The van der Waals surface area contributed by atoms with Crippen molar-refractivity contribution in [3.63, 3.8) is 0 Å². The molecule has 1 saturated heterocycles. The number of pyridine rings is 2. The molecular weight excluding hydrogens is 595 g/mol. The first kappa shape index (κ1) is 28.0. The van der Waals surface area contributed by atoms with E-state index in [0.717, 1.165) is 42.6 Å². The van der Waals surface area contributed by atoms with Crippen molar-refractivity contribution in [3.8, 4) is 27.9 Å². The summed E-state index contributed by atoms with van der Waals surface area (Å²) in [6.45, 7) is 1.43. The molecule has 3 aliphatic rings. The van der Waals surface area contributed by atoms with Gasteiger partial charge in [0.15, 0.2) is 11.0 Å². The normalized spacial score (nSPS) is 22.1. The zero-order chi connectivity index (χ0) is 30.7. The number of halogens is 2. The molecule has 1 spiro atoms. The van der Waals surface area contributed by atoms with Gasteiger partial charge >= 0.3 is 0 Å². The average Bonchev–Trinajstić information content (AvgIpc) is 3.80. The van der Waals surface area contributed by atoms with E-state index in [9.17, 15) is 4.79 Å². The maximum Gasteiger partial charge on any atom is 0.293 e. The number of tetrazole rings is 1. The predicted octanol–water partition coefficient (Wildman–Crippen LogP) is 3.76. The molecule has 4 atom stereocenters. The number of rotatable bonds is 8. The molecule has 1 aromatic carbocycles.